The van der Waals surface area contributed by atoms with E-state index in [2.05, 4.69) is 5.32 Å². The van der Waals surface area contributed by atoms with Gasteiger partial charge in [-0.1, -0.05) is 18.2 Å². The Kier molecular flexibility index (Phi) is 3.02. The van der Waals surface area contributed by atoms with Crippen LogP contribution in [0, 0.1) is 0 Å². The van der Waals surface area contributed by atoms with Crippen molar-refractivity contribution >= 4 is 5.97 Å². The fourth-order valence-electron chi connectivity index (χ4n) is 2.05. The minimum absolute atomic E-state index is 0.251. The highest BCUT2D eigenvalue weighted by Gasteiger charge is 2.21. The van der Waals surface area contributed by atoms with Crippen LogP contribution in [-0.4, -0.2) is 19.6 Å². The molecule has 1 fully saturated rings. The van der Waals surface area contributed by atoms with Gasteiger partial charge in [0.15, 0.2) is 0 Å². The third-order valence-electron chi connectivity index (χ3n) is 2.80. The first kappa shape index (κ1) is 10.2. The largest absolute Gasteiger partial charge is 0.465 e. The Balaban J connectivity index is 2.32. The molecule has 80 valence electrons. The molecule has 0 amide bonds. The van der Waals surface area contributed by atoms with Gasteiger partial charge in [0, 0.05) is 6.04 Å². The van der Waals surface area contributed by atoms with Gasteiger partial charge in [0.2, 0.25) is 0 Å². The molecule has 1 aliphatic rings. The summed E-state index contributed by atoms with van der Waals surface area (Å²) in [5, 5.41) is 3.38. The van der Waals surface area contributed by atoms with Gasteiger partial charge in [-0.3, -0.25) is 0 Å². The van der Waals surface area contributed by atoms with E-state index in [0.29, 0.717) is 11.6 Å². The van der Waals surface area contributed by atoms with Crippen LogP contribution in [0.1, 0.15) is 34.8 Å². The van der Waals surface area contributed by atoms with Crippen LogP contribution >= 0.6 is 0 Å². The quantitative estimate of drug-likeness (QED) is 0.749. The average Bonchev–Trinajstić information content (AvgIpc) is 2.81. The summed E-state index contributed by atoms with van der Waals surface area (Å²) in [6, 6.07) is 7.95. The van der Waals surface area contributed by atoms with Crippen molar-refractivity contribution in [1.82, 2.24) is 5.32 Å². The summed E-state index contributed by atoms with van der Waals surface area (Å²) < 4.78 is 4.77. The van der Waals surface area contributed by atoms with Crippen molar-refractivity contribution in [2.24, 2.45) is 0 Å². The Bertz CT molecular complexity index is 356. The van der Waals surface area contributed by atoms with Gasteiger partial charge >= 0.3 is 5.97 Å². The molecule has 1 N–H and O–H groups in total. The molecule has 0 radical (unpaired) electrons. The van der Waals surface area contributed by atoms with Crippen molar-refractivity contribution in [2.75, 3.05) is 13.7 Å². The Morgan fingerprint density at radius 1 is 1.47 bits per heavy atom. The number of esters is 1. The predicted octanol–water partition coefficient (Wildman–Crippen LogP) is 1.90. The standard InChI is InChI=1S/C12H15NO2/c1-15-12(14)10-6-3-2-5-9(10)11-7-4-8-13-11/h2-3,5-6,11,13H,4,7-8H2,1H3/t11-/m1/s1. The number of rotatable bonds is 2. The van der Waals surface area contributed by atoms with E-state index in [1.807, 2.05) is 24.3 Å². The molecule has 1 atom stereocenters. The fourth-order valence-corrected chi connectivity index (χ4v) is 2.05. The Hall–Kier alpha value is -1.35. The molecule has 1 aromatic rings. The van der Waals surface area contributed by atoms with Gasteiger partial charge in [-0.25, -0.2) is 4.79 Å². The van der Waals surface area contributed by atoms with Crippen LogP contribution in [0.25, 0.3) is 0 Å². The van der Waals surface area contributed by atoms with E-state index in [0.717, 1.165) is 18.5 Å². The summed E-state index contributed by atoms with van der Waals surface area (Å²) in [6.45, 7) is 1.03. The highest BCUT2D eigenvalue weighted by atomic mass is 16.5. The van der Waals surface area contributed by atoms with Crippen molar-refractivity contribution in [3.8, 4) is 0 Å². The summed E-state index contributed by atoms with van der Waals surface area (Å²) in [5.74, 6) is -0.251. The second-order valence-electron chi connectivity index (χ2n) is 3.73. The maximum absolute atomic E-state index is 11.5. The molecule has 3 heteroatoms. The Labute approximate surface area is 89.4 Å². The number of methoxy groups -OCH3 is 1. The Morgan fingerprint density at radius 3 is 2.93 bits per heavy atom. The average molecular weight is 205 g/mol. The molecule has 1 aromatic carbocycles. The lowest BCUT2D eigenvalue weighted by atomic mass is 9.99. The minimum atomic E-state index is -0.251. The third kappa shape index (κ3) is 2.02. The predicted molar refractivity (Wildman–Crippen MR) is 57.8 cm³/mol. The number of carbonyl (C=O) groups is 1. The van der Waals surface area contributed by atoms with Crippen LogP contribution in [0.15, 0.2) is 24.3 Å². The van der Waals surface area contributed by atoms with E-state index in [1.165, 1.54) is 13.5 Å². The molecule has 0 aliphatic carbocycles. The smallest absolute Gasteiger partial charge is 0.338 e. The topological polar surface area (TPSA) is 38.3 Å². The van der Waals surface area contributed by atoms with E-state index in [-0.39, 0.29) is 5.97 Å². The first-order valence-electron chi connectivity index (χ1n) is 5.23. The van der Waals surface area contributed by atoms with Crippen LogP contribution < -0.4 is 5.32 Å². The van der Waals surface area contributed by atoms with Gasteiger partial charge < -0.3 is 10.1 Å². The molecule has 3 nitrogen and oxygen atoms in total. The van der Waals surface area contributed by atoms with Crippen LogP contribution in [0.2, 0.25) is 0 Å². The first-order chi connectivity index (χ1) is 7.33. The monoisotopic (exact) mass is 205 g/mol. The van der Waals surface area contributed by atoms with Crippen molar-refractivity contribution in [3.63, 3.8) is 0 Å². The zero-order chi connectivity index (χ0) is 10.7. The highest BCUT2D eigenvalue weighted by Crippen LogP contribution is 2.26. The lowest BCUT2D eigenvalue weighted by Gasteiger charge is -2.14. The maximum Gasteiger partial charge on any atom is 0.338 e. The van der Waals surface area contributed by atoms with Crippen LogP contribution in [0.4, 0.5) is 0 Å². The van der Waals surface area contributed by atoms with Gasteiger partial charge in [0.25, 0.3) is 0 Å². The van der Waals surface area contributed by atoms with Crippen molar-refractivity contribution in [3.05, 3.63) is 35.4 Å². The second kappa shape index (κ2) is 4.45. The molecular weight excluding hydrogens is 190 g/mol. The van der Waals surface area contributed by atoms with E-state index in [9.17, 15) is 4.79 Å². The Morgan fingerprint density at radius 2 is 2.27 bits per heavy atom. The van der Waals surface area contributed by atoms with Gasteiger partial charge in [0.05, 0.1) is 12.7 Å². The molecule has 1 aliphatic heterocycles. The van der Waals surface area contributed by atoms with Crippen molar-refractivity contribution in [1.29, 1.82) is 0 Å². The van der Waals surface area contributed by atoms with Crippen LogP contribution in [0.5, 0.6) is 0 Å². The number of nitrogens with one attached hydrogen (secondary N) is 1. The molecule has 0 saturated carbocycles. The molecule has 0 aromatic heterocycles. The summed E-state index contributed by atoms with van der Waals surface area (Å²) in [5.41, 5.74) is 1.74. The number of ether oxygens (including phenoxy) is 1. The molecule has 0 unspecified atom stereocenters. The summed E-state index contributed by atoms with van der Waals surface area (Å²) in [6.07, 6.45) is 2.26. The van der Waals surface area contributed by atoms with Crippen LogP contribution in [-0.2, 0) is 4.74 Å². The zero-order valence-corrected chi connectivity index (χ0v) is 8.82. The van der Waals surface area contributed by atoms with E-state index >= 15 is 0 Å². The van der Waals surface area contributed by atoms with Gasteiger partial charge in [0.1, 0.15) is 0 Å². The fraction of sp³-hybridized carbons (Fsp3) is 0.417. The normalized spacial score (nSPS) is 20.2. The number of hydrogen-bond donors (Lipinski definition) is 1. The van der Waals surface area contributed by atoms with Gasteiger partial charge in [-0.15, -0.1) is 0 Å². The number of carbonyl (C=O) groups excluding carboxylic acids is 1. The SMILES string of the molecule is COC(=O)c1ccccc1[C@H]1CCCN1. The van der Waals surface area contributed by atoms with Crippen molar-refractivity contribution in [2.45, 2.75) is 18.9 Å². The zero-order valence-electron chi connectivity index (χ0n) is 8.82. The molecular formula is C12H15NO2. The number of benzene rings is 1. The molecule has 1 saturated heterocycles. The van der Waals surface area contributed by atoms with Gasteiger partial charge in [-0.2, -0.15) is 0 Å². The lowest BCUT2D eigenvalue weighted by molar-refractivity contribution is 0.0598. The summed E-state index contributed by atoms with van der Waals surface area (Å²) in [4.78, 5) is 11.5. The van der Waals surface area contributed by atoms with Crippen molar-refractivity contribution < 1.29 is 9.53 Å². The third-order valence-corrected chi connectivity index (χ3v) is 2.80. The lowest BCUT2D eigenvalue weighted by Crippen LogP contribution is -2.16. The highest BCUT2D eigenvalue weighted by molar-refractivity contribution is 5.91. The molecule has 2 rings (SSSR count). The van der Waals surface area contributed by atoms with Crippen LogP contribution in [0.3, 0.4) is 0 Å². The van der Waals surface area contributed by atoms with Gasteiger partial charge in [-0.05, 0) is 31.0 Å². The molecule has 15 heavy (non-hydrogen) atoms. The van der Waals surface area contributed by atoms with E-state index < -0.39 is 0 Å². The number of hydrogen-bond acceptors (Lipinski definition) is 3. The molecule has 0 bridgehead atoms. The summed E-state index contributed by atoms with van der Waals surface area (Å²) in [7, 11) is 1.42. The second-order valence-corrected chi connectivity index (χ2v) is 3.73. The molecule has 1 heterocycles. The maximum atomic E-state index is 11.5. The van der Waals surface area contributed by atoms with E-state index in [1.54, 1.807) is 0 Å². The first-order valence-corrected chi connectivity index (χ1v) is 5.23. The molecule has 0 spiro atoms. The van der Waals surface area contributed by atoms with E-state index in [4.69, 9.17) is 4.74 Å². The minimum Gasteiger partial charge on any atom is -0.465 e. The summed E-state index contributed by atoms with van der Waals surface area (Å²) >= 11 is 0.